The van der Waals surface area contributed by atoms with Crippen LogP contribution in [0.15, 0.2) is 34.6 Å². The summed E-state index contributed by atoms with van der Waals surface area (Å²) in [4.78, 5) is 0. The van der Waals surface area contributed by atoms with Crippen molar-refractivity contribution in [2.75, 3.05) is 14.1 Å². The van der Waals surface area contributed by atoms with Crippen molar-refractivity contribution >= 4 is 18.9 Å². The van der Waals surface area contributed by atoms with Crippen LogP contribution in [0.2, 0.25) is 19.6 Å². The molecule has 1 aromatic rings. The van der Waals surface area contributed by atoms with E-state index in [1.807, 2.05) is 20.2 Å². The quantitative estimate of drug-likeness (QED) is 0.438. The van der Waals surface area contributed by atoms with Crippen LogP contribution in [0.4, 0.5) is 5.69 Å². The summed E-state index contributed by atoms with van der Waals surface area (Å²) >= 11 is 0. The first-order valence-electron chi connectivity index (χ1n) is 5.09. The molecule has 0 bridgehead atoms. The van der Waals surface area contributed by atoms with E-state index < -0.39 is 8.07 Å². The molecule has 0 aliphatic rings. The Labute approximate surface area is 92.8 Å². The first kappa shape index (κ1) is 11.9. The fourth-order valence-electron chi connectivity index (χ4n) is 1.18. The van der Waals surface area contributed by atoms with Gasteiger partial charge in [0.15, 0.2) is 0 Å². The van der Waals surface area contributed by atoms with E-state index in [-0.39, 0.29) is 0 Å². The molecule has 0 aliphatic heterocycles. The minimum absolute atomic E-state index is 0.934. The van der Waals surface area contributed by atoms with Gasteiger partial charge in [-0.1, -0.05) is 42.2 Å². The van der Waals surface area contributed by atoms with Crippen molar-refractivity contribution in [3.05, 3.63) is 24.3 Å². The van der Waals surface area contributed by atoms with E-state index in [0.29, 0.717) is 0 Å². The summed E-state index contributed by atoms with van der Waals surface area (Å²) in [5, 5.41) is 11.3. The first-order valence-corrected chi connectivity index (χ1v) is 8.59. The van der Waals surface area contributed by atoms with E-state index in [1.165, 1.54) is 5.19 Å². The zero-order valence-corrected chi connectivity index (χ0v) is 11.2. The fraction of sp³-hybridized carbons (Fsp3) is 0.455. The molecule has 0 unspecified atom stereocenters. The molecular formula is C11H19N3Si. The highest BCUT2D eigenvalue weighted by molar-refractivity contribution is 6.88. The maximum atomic E-state index is 4.15. The molecule has 0 atom stereocenters. The Morgan fingerprint density at radius 3 is 2.33 bits per heavy atom. The van der Waals surface area contributed by atoms with Crippen LogP contribution in [0, 0.1) is 0 Å². The number of nitrogens with zero attached hydrogens (tertiary/aromatic N) is 3. The van der Waals surface area contributed by atoms with Crippen molar-refractivity contribution in [1.82, 2.24) is 5.01 Å². The van der Waals surface area contributed by atoms with Gasteiger partial charge in [0, 0.05) is 14.1 Å². The summed E-state index contributed by atoms with van der Waals surface area (Å²) in [7, 11) is 2.50. The minimum Gasteiger partial charge on any atom is -0.285 e. The second kappa shape index (κ2) is 4.57. The molecule has 0 spiro atoms. The second-order valence-electron chi connectivity index (χ2n) is 4.84. The zero-order chi connectivity index (χ0) is 11.5. The highest BCUT2D eigenvalue weighted by Crippen LogP contribution is 2.12. The summed E-state index contributed by atoms with van der Waals surface area (Å²) in [5.41, 5.74) is 0.934. The van der Waals surface area contributed by atoms with Crippen LogP contribution in [0.1, 0.15) is 0 Å². The van der Waals surface area contributed by atoms with Gasteiger partial charge in [0.1, 0.15) is 0 Å². The number of hydrogen-bond acceptors (Lipinski definition) is 2. The average Bonchev–Trinajstić information content (AvgIpc) is 2.14. The van der Waals surface area contributed by atoms with Crippen molar-refractivity contribution < 1.29 is 0 Å². The van der Waals surface area contributed by atoms with Gasteiger partial charge >= 0.3 is 0 Å². The normalized spacial score (nSPS) is 12.1. The molecule has 0 aliphatic carbocycles. The molecule has 1 aromatic carbocycles. The molecule has 0 saturated carbocycles. The van der Waals surface area contributed by atoms with Crippen LogP contribution in [0.25, 0.3) is 0 Å². The Morgan fingerprint density at radius 2 is 1.80 bits per heavy atom. The van der Waals surface area contributed by atoms with E-state index in [1.54, 1.807) is 5.01 Å². The van der Waals surface area contributed by atoms with Crippen LogP contribution >= 0.6 is 0 Å². The van der Waals surface area contributed by atoms with Gasteiger partial charge < -0.3 is 0 Å². The molecule has 82 valence electrons. The van der Waals surface area contributed by atoms with Gasteiger partial charge in [0.25, 0.3) is 0 Å². The van der Waals surface area contributed by atoms with Crippen molar-refractivity contribution in [2.45, 2.75) is 19.6 Å². The summed E-state index contributed by atoms with van der Waals surface area (Å²) in [6, 6.07) is 8.36. The van der Waals surface area contributed by atoms with Gasteiger partial charge in [-0.3, -0.25) is 5.01 Å². The third-order valence-electron chi connectivity index (χ3n) is 2.05. The molecule has 4 heteroatoms. The van der Waals surface area contributed by atoms with Crippen molar-refractivity contribution in [3.8, 4) is 0 Å². The van der Waals surface area contributed by atoms with E-state index in [0.717, 1.165) is 5.69 Å². The third kappa shape index (κ3) is 3.83. The van der Waals surface area contributed by atoms with Gasteiger partial charge in [0.05, 0.1) is 13.8 Å². The number of hydrogen-bond donors (Lipinski definition) is 0. The molecule has 0 amide bonds. The zero-order valence-electron chi connectivity index (χ0n) is 10.2. The van der Waals surface area contributed by atoms with Gasteiger partial charge in [-0.2, -0.15) is 0 Å². The van der Waals surface area contributed by atoms with Crippen LogP contribution in [-0.2, 0) is 0 Å². The van der Waals surface area contributed by atoms with E-state index in [4.69, 9.17) is 0 Å². The molecule has 15 heavy (non-hydrogen) atoms. The van der Waals surface area contributed by atoms with Crippen LogP contribution in [-0.4, -0.2) is 27.2 Å². The molecule has 1 rings (SSSR count). The molecule has 0 saturated heterocycles. The number of benzene rings is 1. The Balaban J connectivity index is 2.93. The summed E-state index contributed by atoms with van der Waals surface area (Å²) in [6.45, 7) is 6.99. The maximum absolute atomic E-state index is 4.15. The molecule has 0 N–H and O–H groups in total. The largest absolute Gasteiger partial charge is 0.285 e. The Kier molecular flexibility index (Phi) is 3.63. The van der Waals surface area contributed by atoms with Gasteiger partial charge in [-0.05, 0) is 12.1 Å². The topological polar surface area (TPSA) is 28.0 Å². The Hall–Kier alpha value is -1.16. The van der Waals surface area contributed by atoms with Gasteiger partial charge in [-0.25, -0.2) is 0 Å². The predicted molar refractivity (Wildman–Crippen MR) is 67.6 cm³/mol. The highest BCUT2D eigenvalue weighted by atomic mass is 28.3. The fourth-order valence-corrected chi connectivity index (χ4v) is 2.35. The maximum Gasteiger partial charge on any atom is 0.0873 e. The molecular weight excluding hydrogens is 202 g/mol. The average molecular weight is 221 g/mol. The lowest BCUT2D eigenvalue weighted by molar-refractivity contribution is 0.408. The standard InChI is InChI=1S/C11H19N3Si/c1-14(2)13-12-10-7-6-8-11(9-10)15(3,4)5/h6-9H,1-5H3. The molecule has 3 nitrogen and oxygen atoms in total. The molecule has 0 fully saturated rings. The monoisotopic (exact) mass is 221 g/mol. The Bertz CT molecular complexity index is 353. The summed E-state index contributed by atoms with van der Waals surface area (Å²) < 4.78 is 0. The van der Waals surface area contributed by atoms with Crippen LogP contribution in [0.3, 0.4) is 0 Å². The van der Waals surface area contributed by atoms with E-state index in [9.17, 15) is 0 Å². The van der Waals surface area contributed by atoms with Crippen LogP contribution < -0.4 is 5.19 Å². The molecule has 0 radical (unpaired) electrons. The van der Waals surface area contributed by atoms with Crippen molar-refractivity contribution in [1.29, 1.82) is 0 Å². The SMILES string of the molecule is CN(C)N=Nc1cccc([Si](C)(C)C)c1. The predicted octanol–water partition coefficient (Wildman–Crippen LogP) is 2.79. The Morgan fingerprint density at radius 1 is 1.13 bits per heavy atom. The summed E-state index contributed by atoms with van der Waals surface area (Å²) in [6.07, 6.45) is 0. The lowest BCUT2D eigenvalue weighted by atomic mass is 10.3. The second-order valence-corrected chi connectivity index (χ2v) is 9.91. The molecule has 0 heterocycles. The number of rotatable bonds is 3. The summed E-state index contributed by atoms with van der Waals surface area (Å²) in [5.74, 6) is 0. The molecule has 0 aromatic heterocycles. The van der Waals surface area contributed by atoms with E-state index in [2.05, 4.69) is 48.2 Å². The lowest BCUT2D eigenvalue weighted by Crippen LogP contribution is -2.37. The van der Waals surface area contributed by atoms with Gasteiger partial charge in [-0.15, -0.1) is 5.11 Å². The minimum atomic E-state index is -1.24. The van der Waals surface area contributed by atoms with Crippen molar-refractivity contribution in [3.63, 3.8) is 0 Å². The lowest BCUT2D eigenvalue weighted by Gasteiger charge is -2.16. The van der Waals surface area contributed by atoms with Crippen LogP contribution in [0.5, 0.6) is 0 Å². The van der Waals surface area contributed by atoms with E-state index >= 15 is 0 Å². The smallest absolute Gasteiger partial charge is 0.0873 e. The van der Waals surface area contributed by atoms with Crippen molar-refractivity contribution in [2.24, 2.45) is 10.3 Å². The highest BCUT2D eigenvalue weighted by Gasteiger charge is 2.15. The first-order chi connectivity index (χ1) is 6.89. The third-order valence-corrected chi connectivity index (χ3v) is 4.09. The van der Waals surface area contributed by atoms with Gasteiger partial charge in [0.2, 0.25) is 0 Å².